The summed E-state index contributed by atoms with van der Waals surface area (Å²) in [7, 11) is 2.17. The van der Waals surface area contributed by atoms with Crippen LogP contribution >= 0.6 is 0 Å². The van der Waals surface area contributed by atoms with Crippen LogP contribution in [0.1, 0.15) is 19.8 Å². The maximum atomic E-state index is 11.2. The molecule has 2 heterocycles. The van der Waals surface area contributed by atoms with Crippen molar-refractivity contribution in [1.82, 2.24) is 15.1 Å². The number of nitrogens with zero attached hydrogens (tertiary/aromatic N) is 2. The molecule has 0 saturated carbocycles. The number of nitrogens with one attached hydrogen (secondary N) is 1. The standard InChI is InChI=1S/C13H25N3O2/c1-12(17)14-11-13(3-5-15(2)6-4-13)16-7-9-18-10-8-16/h3-11H2,1-2H3,(H,14,17). The molecule has 5 nitrogen and oxygen atoms in total. The van der Waals surface area contributed by atoms with Gasteiger partial charge in [0.15, 0.2) is 0 Å². The van der Waals surface area contributed by atoms with E-state index in [1.807, 2.05) is 0 Å². The van der Waals surface area contributed by atoms with Crippen molar-refractivity contribution in [1.29, 1.82) is 0 Å². The summed E-state index contributed by atoms with van der Waals surface area (Å²) in [6.07, 6.45) is 2.26. The number of rotatable bonds is 3. The summed E-state index contributed by atoms with van der Waals surface area (Å²) >= 11 is 0. The molecule has 2 rings (SSSR count). The van der Waals surface area contributed by atoms with E-state index >= 15 is 0 Å². The quantitative estimate of drug-likeness (QED) is 0.766. The lowest BCUT2D eigenvalue weighted by molar-refractivity contribution is -0.120. The molecule has 0 aromatic carbocycles. The van der Waals surface area contributed by atoms with E-state index in [0.717, 1.165) is 58.8 Å². The normalized spacial score (nSPS) is 25.9. The highest BCUT2D eigenvalue weighted by Crippen LogP contribution is 2.28. The number of likely N-dealkylation sites (tertiary alicyclic amines) is 1. The molecule has 0 atom stereocenters. The fraction of sp³-hybridized carbons (Fsp3) is 0.923. The van der Waals surface area contributed by atoms with Crippen molar-refractivity contribution >= 4 is 5.91 Å². The van der Waals surface area contributed by atoms with E-state index in [2.05, 4.69) is 22.2 Å². The molecule has 2 saturated heterocycles. The van der Waals surface area contributed by atoms with Gasteiger partial charge in [-0.1, -0.05) is 0 Å². The van der Waals surface area contributed by atoms with Crippen LogP contribution in [0.5, 0.6) is 0 Å². The van der Waals surface area contributed by atoms with Gasteiger partial charge in [0.2, 0.25) is 5.91 Å². The molecular weight excluding hydrogens is 230 g/mol. The Balaban J connectivity index is 2.03. The Bertz CT molecular complexity index is 282. The molecule has 18 heavy (non-hydrogen) atoms. The average Bonchev–Trinajstić information content (AvgIpc) is 2.39. The Morgan fingerprint density at radius 1 is 1.22 bits per heavy atom. The van der Waals surface area contributed by atoms with Crippen molar-refractivity contribution in [2.24, 2.45) is 0 Å². The number of hydrogen-bond donors (Lipinski definition) is 1. The summed E-state index contributed by atoms with van der Waals surface area (Å²) in [5, 5.41) is 3.03. The maximum absolute atomic E-state index is 11.2. The summed E-state index contributed by atoms with van der Waals surface area (Å²) in [6.45, 7) is 8.20. The summed E-state index contributed by atoms with van der Waals surface area (Å²) in [6, 6.07) is 0. The van der Waals surface area contributed by atoms with Gasteiger partial charge < -0.3 is 15.0 Å². The number of carbonyl (C=O) groups excluding carboxylic acids is 1. The third kappa shape index (κ3) is 3.22. The molecule has 0 bridgehead atoms. The molecule has 104 valence electrons. The number of hydrogen-bond acceptors (Lipinski definition) is 4. The molecule has 0 radical (unpaired) electrons. The Morgan fingerprint density at radius 2 is 1.83 bits per heavy atom. The van der Waals surface area contributed by atoms with E-state index in [9.17, 15) is 4.79 Å². The lowest BCUT2D eigenvalue weighted by atomic mass is 9.85. The number of carbonyl (C=O) groups is 1. The minimum Gasteiger partial charge on any atom is -0.379 e. The number of amides is 1. The van der Waals surface area contributed by atoms with Gasteiger partial charge in [-0.2, -0.15) is 0 Å². The van der Waals surface area contributed by atoms with E-state index in [1.165, 1.54) is 0 Å². The third-order valence-corrected chi connectivity index (χ3v) is 4.27. The Kier molecular flexibility index (Phi) is 4.59. The van der Waals surface area contributed by atoms with Gasteiger partial charge in [0.05, 0.1) is 13.2 Å². The Hall–Kier alpha value is -0.650. The van der Waals surface area contributed by atoms with Crippen LogP contribution in [0.25, 0.3) is 0 Å². The van der Waals surface area contributed by atoms with E-state index in [-0.39, 0.29) is 11.4 Å². The zero-order chi connectivity index (χ0) is 13.0. The summed E-state index contributed by atoms with van der Waals surface area (Å²) in [4.78, 5) is 16.1. The molecule has 0 aliphatic carbocycles. The monoisotopic (exact) mass is 255 g/mol. The van der Waals surface area contributed by atoms with Crippen LogP contribution in [0, 0.1) is 0 Å². The highest BCUT2D eigenvalue weighted by atomic mass is 16.5. The second kappa shape index (κ2) is 5.99. The van der Waals surface area contributed by atoms with Crippen LogP contribution in [0.4, 0.5) is 0 Å². The molecule has 5 heteroatoms. The highest BCUT2D eigenvalue weighted by molar-refractivity contribution is 5.72. The molecule has 0 spiro atoms. The van der Waals surface area contributed by atoms with Gasteiger partial charge in [-0.25, -0.2) is 0 Å². The molecular formula is C13H25N3O2. The van der Waals surface area contributed by atoms with E-state index in [4.69, 9.17) is 4.74 Å². The lowest BCUT2D eigenvalue weighted by Gasteiger charge is -2.49. The summed E-state index contributed by atoms with van der Waals surface area (Å²) in [5.41, 5.74) is 0.141. The predicted octanol–water partition coefficient (Wildman–Crippen LogP) is -0.0809. The zero-order valence-electron chi connectivity index (χ0n) is 11.6. The van der Waals surface area contributed by atoms with Gasteiger partial charge in [0.25, 0.3) is 0 Å². The fourth-order valence-corrected chi connectivity index (χ4v) is 2.97. The van der Waals surface area contributed by atoms with Crippen molar-refractivity contribution in [3.63, 3.8) is 0 Å². The van der Waals surface area contributed by atoms with Gasteiger partial charge in [-0.15, -0.1) is 0 Å². The predicted molar refractivity (Wildman–Crippen MR) is 70.5 cm³/mol. The van der Waals surface area contributed by atoms with Crippen molar-refractivity contribution in [3.05, 3.63) is 0 Å². The maximum Gasteiger partial charge on any atom is 0.216 e. The van der Waals surface area contributed by atoms with E-state index in [0.29, 0.717) is 0 Å². The first-order valence-corrected chi connectivity index (χ1v) is 6.88. The molecule has 1 N–H and O–H groups in total. The molecule has 2 fully saturated rings. The zero-order valence-corrected chi connectivity index (χ0v) is 11.6. The first-order valence-electron chi connectivity index (χ1n) is 6.88. The topological polar surface area (TPSA) is 44.8 Å². The fourth-order valence-electron chi connectivity index (χ4n) is 2.97. The van der Waals surface area contributed by atoms with Crippen molar-refractivity contribution in [2.75, 3.05) is 53.0 Å². The molecule has 1 amide bonds. The highest BCUT2D eigenvalue weighted by Gasteiger charge is 2.39. The second-order valence-corrected chi connectivity index (χ2v) is 5.54. The number of piperidine rings is 1. The SMILES string of the molecule is CC(=O)NCC1(N2CCOCC2)CCN(C)CC1. The average molecular weight is 255 g/mol. The van der Waals surface area contributed by atoms with Crippen molar-refractivity contribution in [3.8, 4) is 0 Å². The van der Waals surface area contributed by atoms with Gasteiger partial charge >= 0.3 is 0 Å². The Labute approximate surface area is 109 Å². The lowest BCUT2D eigenvalue weighted by Crippen LogP contribution is -2.62. The Morgan fingerprint density at radius 3 is 2.39 bits per heavy atom. The largest absolute Gasteiger partial charge is 0.379 e. The molecule has 2 aliphatic heterocycles. The van der Waals surface area contributed by atoms with Crippen molar-refractivity contribution in [2.45, 2.75) is 25.3 Å². The van der Waals surface area contributed by atoms with Crippen LogP contribution in [-0.2, 0) is 9.53 Å². The summed E-state index contributed by atoms with van der Waals surface area (Å²) < 4.78 is 5.44. The smallest absolute Gasteiger partial charge is 0.216 e. The van der Waals surface area contributed by atoms with Crippen LogP contribution < -0.4 is 5.32 Å². The van der Waals surface area contributed by atoms with Crippen LogP contribution in [0.15, 0.2) is 0 Å². The van der Waals surface area contributed by atoms with Crippen LogP contribution in [0.3, 0.4) is 0 Å². The first kappa shape index (κ1) is 13.8. The van der Waals surface area contributed by atoms with Gasteiger partial charge in [-0.05, 0) is 33.0 Å². The van der Waals surface area contributed by atoms with Crippen LogP contribution in [0.2, 0.25) is 0 Å². The van der Waals surface area contributed by atoms with Crippen LogP contribution in [-0.4, -0.2) is 74.2 Å². The minimum absolute atomic E-state index is 0.0709. The van der Waals surface area contributed by atoms with Gasteiger partial charge in [-0.3, -0.25) is 9.69 Å². The second-order valence-electron chi connectivity index (χ2n) is 5.54. The number of morpholine rings is 1. The van der Waals surface area contributed by atoms with Gasteiger partial charge in [0.1, 0.15) is 0 Å². The molecule has 0 unspecified atom stereocenters. The molecule has 2 aliphatic rings. The molecule has 0 aromatic heterocycles. The minimum atomic E-state index is 0.0709. The number of ether oxygens (including phenoxy) is 1. The van der Waals surface area contributed by atoms with Gasteiger partial charge in [0, 0.05) is 32.1 Å². The van der Waals surface area contributed by atoms with E-state index < -0.39 is 0 Å². The first-order chi connectivity index (χ1) is 8.62. The molecule has 0 aromatic rings. The van der Waals surface area contributed by atoms with Crippen molar-refractivity contribution < 1.29 is 9.53 Å². The summed E-state index contributed by atoms with van der Waals surface area (Å²) in [5.74, 6) is 0.0709. The van der Waals surface area contributed by atoms with E-state index in [1.54, 1.807) is 6.92 Å². The third-order valence-electron chi connectivity index (χ3n) is 4.27.